The molecule has 0 aromatic heterocycles. The summed E-state index contributed by atoms with van der Waals surface area (Å²) in [4.78, 5) is 13.9. The highest BCUT2D eigenvalue weighted by Crippen LogP contribution is 2.25. The average Bonchev–Trinajstić information content (AvgIpc) is 2.84. The number of rotatable bonds is 4. The van der Waals surface area contributed by atoms with Gasteiger partial charge in [-0.2, -0.15) is 0 Å². The van der Waals surface area contributed by atoms with Crippen LogP contribution in [0.15, 0.2) is 18.2 Å². The Balaban J connectivity index is 2.18. The maximum atomic E-state index is 13.6. The zero-order valence-corrected chi connectivity index (χ0v) is 12.1. The minimum atomic E-state index is -0.781. The fraction of sp³-hybridized carbons (Fsp3) is 0.500. The molecule has 0 aliphatic carbocycles. The van der Waals surface area contributed by atoms with Gasteiger partial charge in [-0.3, -0.25) is 4.79 Å². The zero-order valence-electron chi connectivity index (χ0n) is 10.5. The van der Waals surface area contributed by atoms with E-state index in [2.05, 4.69) is 15.9 Å². The van der Waals surface area contributed by atoms with Crippen LogP contribution in [-0.4, -0.2) is 28.7 Å². The van der Waals surface area contributed by atoms with E-state index in [1.165, 1.54) is 6.07 Å². The van der Waals surface area contributed by atoms with E-state index >= 15 is 0 Å². The number of halogens is 3. The van der Waals surface area contributed by atoms with Crippen LogP contribution in [0.4, 0.5) is 8.78 Å². The van der Waals surface area contributed by atoms with Gasteiger partial charge in [0, 0.05) is 17.9 Å². The molecule has 1 fully saturated rings. The minimum Gasteiger partial charge on any atom is -0.335 e. The molecule has 1 heterocycles. The maximum absolute atomic E-state index is 13.6. The molecule has 1 aliphatic rings. The third-order valence-electron chi connectivity index (χ3n) is 3.49. The van der Waals surface area contributed by atoms with Gasteiger partial charge in [-0.1, -0.05) is 22.0 Å². The summed E-state index contributed by atoms with van der Waals surface area (Å²) in [7, 11) is 0. The Morgan fingerprint density at radius 2 is 2.05 bits per heavy atom. The minimum absolute atomic E-state index is 0.101. The van der Waals surface area contributed by atoms with Crippen molar-refractivity contribution >= 4 is 21.8 Å². The first kappa shape index (κ1) is 14.4. The van der Waals surface area contributed by atoms with Gasteiger partial charge < -0.3 is 4.90 Å². The molecule has 5 heteroatoms. The van der Waals surface area contributed by atoms with Crippen molar-refractivity contribution in [2.75, 3.05) is 11.9 Å². The number of benzene rings is 1. The van der Waals surface area contributed by atoms with Crippen LogP contribution >= 0.6 is 15.9 Å². The summed E-state index contributed by atoms with van der Waals surface area (Å²) in [5, 5.41) is 0.875. The van der Waals surface area contributed by atoms with Crippen molar-refractivity contribution < 1.29 is 13.6 Å². The van der Waals surface area contributed by atoms with Crippen LogP contribution in [0.3, 0.4) is 0 Å². The summed E-state index contributed by atoms with van der Waals surface area (Å²) in [6, 6.07) is 3.62. The average molecular weight is 332 g/mol. The number of hydrogen-bond donors (Lipinski definition) is 0. The number of alkyl halides is 1. The second-order valence-corrected chi connectivity index (χ2v) is 5.52. The SMILES string of the molecule is O=C(c1c(F)cccc1F)N1CCCC1CCCBr. The van der Waals surface area contributed by atoms with E-state index in [4.69, 9.17) is 0 Å². The van der Waals surface area contributed by atoms with Crippen LogP contribution in [-0.2, 0) is 0 Å². The highest BCUT2D eigenvalue weighted by Gasteiger charge is 2.31. The van der Waals surface area contributed by atoms with Crippen molar-refractivity contribution in [2.24, 2.45) is 0 Å². The molecule has 0 N–H and O–H groups in total. The van der Waals surface area contributed by atoms with Crippen LogP contribution < -0.4 is 0 Å². The third-order valence-corrected chi connectivity index (χ3v) is 4.05. The Bertz CT molecular complexity index is 447. The summed E-state index contributed by atoms with van der Waals surface area (Å²) in [5.41, 5.74) is -0.423. The van der Waals surface area contributed by atoms with Crippen molar-refractivity contribution in [1.29, 1.82) is 0 Å². The van der Waals surface area contributed by atoms with E-state index in [1.807, 2.05) is 0 Å². The number of likely N-dealkylation sites (tertiary alicyclic amines) is 1. The molecule has 1 amide bonds. The molecule has 104 valence electrons. The lowest BCUT2D eigenvalue weighted by molar-refractivity contribution is 0.0720. The summed E-state index contributed by atoms with van der Waals surface area (Å²) in [6.07, 6.45) is 3.63. The monoisotopic (exact) mass is 331 g/mol. The number of carbonyl (C=O) groups excluding carboxylic acids is 1. The summed E-state index contributed by atoms with van der Waals surface area (Å²) in [6.45, 7) is 0.583. The molecular weight excluding hydrogens is 316 g/mol. The Morgan fingerprint density at radius 1 is 1.37 bits per heavy atom. The Kier molecular flexibility index (Phi) is 4.91. The van der Waals surface area contributed by atoms with E-state index in [0.717, 1.165) is 43.1 Å². The van der Waals surface area contributed by atoms with Gasteiger partial charge in [-0.05, 0) is 37.8 Å². The largest absolute Gasteiger partial charge is 0.335 e. The fourth-order valence-corrected chi connectivity index (χ4v) is 2.89. The van der Waals surface area contributed by atoms with Crippen LogP contribution in [0.25, 0.3) is 0 Å². The Hall–Kier alpha value is -0.970. The van der Waals surface area contributed by atoms with E-state index in [0.29, 0.717) is 6.54 Å². The Morgan fingerprint density at radius 3 is 2.68 bits per heavy atom. The molecule has 1 aromatic rings. The number of hydrogen-bond acceptors (Lipinski definition) is 1. The predicted molar refractivity (Wildman–Crippen MR) is 73.4 cm³/mol. The molecule has 1 aliphatic heterocycles. The molecule has 0 radical (unpaired) electrons. The normalized spacial score (nSPS) is 18.9. The van der Waals surface area contributed by atoms with Gasteiger partial charge in [0.05, 0.1) is 0 Å². The van der Waals surface area contributed by atoms with E-state index < -0.39 is 23.1 Å². The van der Waals surface area contributed by atoms with Gasteiger partial charge in [0.2, 0.25) is 0 Å². The van der Waals surface area contributed by atoms with E-state index in [9.17, 15) is 13.6 Å². The Labute approximate surface area is 119 Å². The number of amides is 1. The number of nitrogens with zero attached hydrogens (tertiary/aromatic N) is 1. The van der Waals surface area contributed by atoms with E-state index in [-0.39, 0.29) is 6.04 Å². The van der Waals surface area contributed by atoms with Crippen molar-refractivity contribution in [3.63, 3.8) is 0 Å². The maximum Gasteiger partial charge on any atom is 0.260 e. The van der Waals surface area contributed by atoms with Gasteiger partial charge >= 0.3 is 0 Å². The first-order chi connectivity index (χ1) is 9.15. The van der Waals surface area contributed by atoms with Gasteiger partial charge in [-0.25, -0.2) is 8.78 Å². The van der Waals surface area contributed by atoms with Crippen LogP contribution in [0, 0.1) is 11.6 Å². The lowest BCUT2D eigenvalue weighted by atomic mass is 10.1. The third kappa shape index (κ3) is 3.14. The molecular formula is C14H16BrF2NO. The van der Waals surface area contributed by atoms with Gasteiger partial charge in [0.25, 0.3) is 5.91 Å². The first-order valence-corrected chi connectivity index (χ1v) is 7.58. The molecule has 1 saturated heterocycles. The summed E-state index contributed by atoms with van der Waals surface area (Å²) < 4.78 is 27.3. The van der Waals surface area contributed by atoms with E-state index in [1.54, 1.807) is 4.90 Å². The molecule has 2 rings (SSSR count). The molecule has 0 saturated carbocycles. The fourth-order valence-electron chi connectivity index (χ4n) is 2.56. The number of carbonyl (C=O) groups is 1. The highest BCUT2D eigenvalue weighted by atomic mass is 79.9. The summed E-state index contributed by atoms with van der Waals surface area (Å²) >= 11 is 3.36. The van der Waals surface area contributed by atoms with Crippen molar-refractivity contribution in [3.8, 4) is 0 Å². The van der Waals surface area contributed by atoms with Gasteiger partial charge in [0.15, 0.2) is 0 Å². The van der Waals surface area contributed by atoms with Crippen LogP contribution in [0.2, 0.25) is 0 Å². The standard InChI is InChI=1S/C14H16BrF2NO/c15-8-2-4-10-5-3-9-18(10)14(19)13-11(16)6-1-7-12(13)17/h1,6-7,10H,2-5,8-9H2. The molecule has 0 bridgehead atoms. The predicted octanol–water partition coefficient (Wildman–Crippen LogP) is 3.74. The second-order valence-electron chi connectivity index (χ2n) is 4.72. The molecule has 2 nitrogen and oxygen atoms in total. The van der Waals surface area contributed by atoms with Gasteiger partial charge in [0.1, 0.15) is 17.2 Å². The molecule has 1 aromatic carbocycles. The van der Waals surface area contributed by atoms with Crippen LogP contribution in [0.1, 0.15) is 36.0 Å². The molecule has 1 unspecified atom stereocenters. The second kappa shape index (κ2) is 6.46. The van der Waals surface area contributed by atoms with Gasteiger partial charge in [-0.15, -0.1) is 0 Å². The first-order valence-electron chi connectivity index (χ1n) is 6.46. The topological polar surface area (TPSA) is 20.3 Å². The quantitative estimate of drug-likeness (QED) is 0.769. The lowest BCUT2D eigenvalue weighted by Crippen LogP contribution is -2.36. The van der Waals surface area contributed by atoms with Crippen molar-refractivity contribution in [2.45, 2.75) is 31.7 Å². The lowest BCUT2D eigenvalue weighted by Gasteiger charge is -2.25. The molecule has 0 spiro atoms. The van der Waals surface area contributed by atoms with Crippen molar-refractivity contribution in [1.82, 2.24) is 4.90 Å². The van der Waals surface area contributed by atoms with Crippen molar-refractivity contribution in [3.05, 3.63) is 35.4 Å². The summed E-state index contributed by atoms with van der Waals surface area (Å²) in [5.74, 6) is -2.08. The van der Waals surface area contributed by atoms with Crippen LogP contribution in [0.5, 0.6) is 0 Å². The smallest absolute Gasteiger partial charge is 0.260 e. The zero-order chi connectivity index (χ0) is 13.8. The highest BCUT2D eigenvalue weighted by molar-refractivity contribution is 9.09. The molecule has 19 heavy (non-hydrogen) atoms. The molecule has 1 atom stereocenters.